The smallest absolute Gasteiger partial charge is 0.226 e. The molecule has 0 radical (unpaired) electrons. The van der Waals surface area contributed by atoms with Crippen LogP contribution in [-0.4, -0.2) is 27.0 Å². The number of benzene rings is 1. The fraction of sp³-hybridized carbons (Fsp3) is 0.200. The van der Waals surface area contributed by atoms with E-state index in [1.807, 2.05) is 0 Å². The maximum Gasteiger partial charge on any atom is 0.226 e. The van der Waals surface area contributed by atoms with Gasteiger partial charge in [-0.2, -0.15) is 9.97 Å². The SMILES string of the molecule is CNc1nc(Nc2cc(C)ccc2C)c2nccnc2n1. The zero-order valence-electron chi connectivity index (χ0n) is 12.2. The third-order valence-corrected chi connectivity index (χ3v) is 3.20. The molecule has 6 heteroatoms. The molecule has 106 valence electrons. The van der Waals surface area contributed by atoms with Crippen LogP contribution in [0.5, 0.6) is 0 Å². The Bertz CT molecular complexity index is 799. The molecule has 2 aromatic heterocycles. The van der Waals surface area contributed by atoms with E-state index in [0.29, 0.717) is 22.9 Å². The maximum absolute atomic E-state index is 4.45. The monoisotopic (exact) mass is 280 g/mol. The summed E-state index contributed by atoms with van der Waals surface area (Å²) in [5, 5.41) is 6.28. The van der Waals surface area contributed by atoms with Gasteiger partial charge in [0.1, 0.15) is 0 Å². The van der Waals surface area contributed by atoms with Crippen LogP contribution in [0.2, 0.25) is 0 Å². The highest BCUT2D eigenvalue weighted by Crippen LogP contribution is 2.25. The first kappa shape index (κ1) is 13.2. The van der Waals surface area contributed by atoms with Crippen LogP contribution in [0.3, 0.4) is 0 Å². The van der Waals surface area contributed by atoms with Crippen molar-refractivity contribution in [3.8, 4) is 0 Å². The molecule has 0 saturated carbocycles. The van der Waals surface area contributed by atoms with Crippen LogP contribution in [0.4, 0.5) is 17.5 Å². The molecule has 1 aromatic carbocycles. The van der Waals surface area contributed by atoms with Crippen LogP contribution in [0.25, 0.3) is 11.2 Å². The Morgan fingerprint density at radius 3 is 2.62 bits per heavy atom. The number of aryl methyl sites for hydroxylation is 2. The Labute approximate surface area is 122 Å². The zero-order valence-corrected chi connectivity index (χ0v) is 12.2. The highest BCUT2D eigenvalue weighted by Gasteiger charge is 2.10. The van der Waals surface area contributed by atoms with Crippen LogP contribution in [0.1, 0.15) is 11.1 Å². The molecule has 0 atom stereocenters. The Hall–Kier alpha value is -2.76. The van der Waals surface area contributed by atoms with Crippen LogP contribution in [0, 0.1) is 13.8 Å². The first-order valence-corrected chi connectivity index (χ1v) is 6.68. The van der Waals surface area contributed by atoms with E-state index in [0.717, 1.165) is 11.3 Å². The third kappa shape index (κ3) is 2.60. The largest absolute Gasteiger partial charge is 0.357 e. The molecule has 0 aliphatic carbocycles. The number of anilines is 3. The standard InChI is InChI=1S/C15H16N6/c1-9-4-5-10(2)11(8-9)19-14-12-13(18-7-6-17-12)20-15(16-3)21-14/h4-8H,1-3H3,(H2,16,18,19,20,21). The van der Waals surface area contributed by atoms with Gasteiger partial charge in [-0.1, -0.05) is 12.1 Å². The van der Waals surface area contributed by atoms with Gasteiger partial charge in [0, 0.05) is 25.1 Å². The van der Waals surface area contributed by atoms with Gasteiger partial charge < -0.3 is 10.6 Å². The molecular formula is C15H16N6. The van der Waals surface area contributed by atoms with E-state index in [4.69, 9.17) is 0 Å². The molecule has 3 aromatic rings. The van der Waals surface area contributed by atoms with Crippen molar-refractivity contribution < 1.29 is 0 Å². The molecule has 0 unspecified atom stereocenters. The summed E-state index contributed by atoms with van der Waals surface area (Å²) in [6.07, 6.45) is 3.26. The van der Waals surface area contributed by atoms with Gasteiger partial charge in [0.05, 0.1) is 0 Å². The van der Waals surface area contributed by atoms with Crippen molar-refractivity contribution in [1.29, 1.82) is 0 Å². The minimum atomic E-state index is 0.510. The second-order valence-electron chi connectivity index (χ2n) is 4.82. The lowest BCUT2D eigenvalue weighted by molar-refractivity contribution is 1.14. The maximum atomic E-state index is 4.45. The van der Waals surface area contributed by atoms with Gasteiger partial charge in [0.2, 0.25) is 5.95 Å². The summed E-state index contributed by atoms with van der Waals surface area (Å²) in [7, 11) is 1.78. The Morgan fingerprint density at radius 2 is 1.81 bits per heavy atom. The number of nitrogens with one attached hydrogen (secondary N) is 2. The summed E-state index contributed by atoms with van der Waals surface area (Å²) < 4.78 is 0. The molecule has 0 spiro atoms. The quantitative estimate of drug-likeness (QED) is 0.768. The van der Waals surface area contributed by atoms with E-state index < -0.39 is 0 Å². The normalized spacial score (nSPS) is 10.6. The Balaban J connectivity index is 2.13. The molecule has 2 N–H and O–H groups in total. The van der Waals surface area contributed by atoms with E-state index in [1.54, 1.807) is 19.4 Å². The lowest BCUT2D eigenvalue weighted by atomic mass is 10.1. The summed E-state index contributed by atoms with van der Waals surface area (Å²) in [4.78, 5) is 17.3. The molecule has 21 heavy (non-hydrogen) atoms. The summed E-state index contributed by atoms with van der Waals surface area (Å²) >= 11 is 0. The molecule has 3 rings (SSSR count). The van der Waals surface area contributed by atoms with E-state index in [9.17, 15) is 0 Å². The van der Waals surface area contributed by atoms with E-state index in [2.05, 4.69) is 62.6 Å². The Kier molecular flexibility index (Phi) is 3.35. The van der Waals surface area contributed by atoms with Crippen molar-refractivity contribution in [2.75, 3.05) is 17.7 Å². The minimum absolute atomic E-state index is 0.510. The summed E-state index contributed by atoms with van der Waals surface area (Å²) in [6.45, 7) is 4.11. The van der Waals surface area contributed by atoms with Crippen LogP contribution in [0.15, 0.2) is 30.6 Å². The fourth-order valence-corrected chi connectivity index (χ4v) is 2.06. The third-order valence-electron chi connectivity index (χ3n) is 3.20. The van der Waals surface area contributed by atoms with Crippen LogP contribution >= 0.6 is 0 Å². The number of hydrogen-bond acceptors (Lipinski definition) is 6. The fourth-order valence-electron chi connectivity index (χ4n) is 2.06. The predicted octanol–water partition coefficient (Wildman–Crippen LogP) is 2.82. The first-order chi connectivity index (χ1) is 10.2. The average Bonchev–Trinajstić information content (AvgIpc) is 2.50. The van der Waals surface area contributed by atoms with E-state index in [-0.39, 0.29) is 0 Å². The van der Waals surface area contributed by atoms with Crippen molar-refractivity contribution in [2.24, 2.45) is 0 Å². The molecule has 0 aliphatic heterocycles. The first-order valence-electron chi connectivity index (χ1n) is 6.68. The molecule has 0 amide bonds. The average molecular weight is 280 g/mol. The number of rotatable bonds is 3. The van der Waals surface area contributed by atoms with Gasteiger partial charge >= 0.3 is 0 Å². The molecule has 0 bridgehead atoms. The van der Waals surface area contributed by atoms with Crippen LogP contribution < -0.4 is 10.6 Å². The zero-order chi connectivity index (χ0) is 14.8. The second kappa shape index (κ2) is 5.32. The van der Waals surface area contributed by atoms with Gasteiger partial charge in [-0.05, 0) is 31.0 Å². The topological polar surface area (TPSA) is 75.6 Å². The summed E-state index contributed by atoms with van der Waals surface area (Å²) in [6, 6.07) is 6.24. The molecule has 6 nitrogen and oxygen atoms in total. The number of aromatic nitrogens is 4. The number of fused-ring (bicyclic) bond motifs is 1. The predicted molar refractivity (Wildman–Crippen MR) is 83.9 cm³/mol. The van der Waals surface area contributed by atoms with Crippen molar-refractivity contribution in [1.82, 2.24) is 19.9 Å². The lowest BCUT2D eigenvalue weighted by Gasteiger charge is -2.12. The van der Waals surface area contributed by atoms with Crippen molar-refractivity contribution >= 4 is 28.6 Å². The van der Waals surface area contributed by atoms with Crippen molar-refractivity contribution in [2.45, 2.75) is 13.8 Å². The van der Waals surface area contributed by atoms with Gasteiger partial charge in [0.25, 0.3) is 0 Å². The molecule has 0 fully saturated rings. The van der Waals surface area contributed by atoms with Crippen molar-refractivity contribution in [3.63, 3.8) is 0 Å². The minimum Gasteiger partial charge on any atom is -0.357 e. The highest BCUT2D eigenvalue weighted by molar-refractivity contribution is 5.86. The second-order valence-corrected chi connectivity index (χ2v) is 4.82. The molecule has 2 heterocycles. The van der Waals surface area contributed by atoms with Crippen LogP contribution in [-0.2, 0) is 0 Å². The molecule has 0 aliphatic rings. The van der Waals surface area contributed by atoms with E-state index in [1.165, 1.54) is 5.56 Å². The molecular weight excluding hydrogens is 264 g/mol. The molecule has 0 saturated heterocycles. The lowest BCUT2D eigenvalue weighted by Crippen LogP contribution is -2.04. The Morgan fingerprint density at radius 1 is 1.00 bits per heavy atom. The summed E-state index contributed by atoms with van der Waals surface area (Å²) in [5.41, 5.74) is 4.54. The highest BCUT2D eigenvalue weighted by atomic mass is 15.2. The number of hydrogen-bond donors (Lipinski definition) is 2. The van der Waals surface area contributed by atoms with Crippen molar-refractivity contribution in [3.05, 3.63) is 41.7 Å². The number of nitrogens with zero attached hydrogens (tertiary/aromatic N) is 4. The summed E-state index contributed by atoms with van der Waals surface area (Å²) in [5.74, 6) is 1.15. The van der Waals surface area contributed by atoms with Gasteiger partial charge in [-0.15, -0.1) is 0 Å². The van der Waals surface area contributed by atoms with Gasteiger partial charge in [0.15, 0.2) is 17.0 Å². The van der Waals surface area contributed by atoms with Gasteiger partial charge in [-0.3, -0.25) is 0 Å². The van der Waals surface area contributed by atoms with Gasteiger partial charge in [-0.25, -0.2) is 9.97 Å². The van der Waals surface area contributed by atoms with E-state index >= 15 is 0 Å².